The van der Waals surface area contributed by atoms with Gasteiger partial charge in [0.15, 0.2) is 6.26 Å². The van der Waals surface area contributed by atoms with E-state index >= 15 is 0 Å². The molecule has 0 atom stereocenters. The van der Waals surface area contributed by atoms with Gasteiger partial charge in [0.2, 0.25) is 0 Å². The van der Waals surface area contributed by atoms with Crippen LogP contribution >= 0.6 is 0 Å². The fraction of sp³-hybridized carbons (Fsp3) is 0.429. The van der Waals surface area contributed by atoms with Gasteiger partial charge >= 0.3 is 0 Å². The molecule has 0 N–H and O–H groups in total. The lowest BCUT2D eigenvalue weighted by molar-refractivity contribution is 0.555. The SMILES string of the molecule is [c]1cc(C2CC2)co1. The van der Waals surface area contributed by atoms with Gasteiger partial charge in [0, 0.05) is 0 Å². The molecule has 0 spiro atoms. The second kappa shape index (κ2) is 1.38. The molecular weight excluding hydrogens is 100 g/mol. The lowest BCUT2D eigenvalue weighted by Crippen LogP contribution is -1.66. The molecule has 2 rings (SSSR count). The zero-order chi connectivity index (χ0) is 5.40. The van der Waals surface area contributed by atoms with Gasteiger partial charge in [-0.25, -0.2) is 0 Å². The van der Waals surface area contributed by atoms with E-state index < -0.39 is 0 Å². The van der Waals surface area contributed by atoms with Crippen LogP contribution in [-0.4, -0.2) is 0 Å². The van der Waals surface area contributed by atoms with Crippen LogP contribution in [0.25, 0.3) is 0 Å². The Kier molecular flexibility index (Phi) is 0.720. The molecule has 1 heterocycles. The summed E-state index contributed by atoms with van der Waals surface area (Å²) >= 11 is 0. The van der Waals surface area contributed by atoms with Crippen molar-refractivity contribution < 1.29 is 4.42 Å². The van der Waals surface area contributed by atoms with Crippen LogP contribution in [0.3, 0.4) is 0 Å². The number of hydrogen-bond donors (Lipinski definition) is 0. The molecule has 8 heavy (non-hydrogen) atoms. The Morgan fingerprint density at radius 2 is 2.50 bits per heavy atom. The number of furan rings is 1. The Balaban J connectivity index is 2.28. The van der Waals surface area contributed by atoms with Crippen molar-refractivity contribution in [1.29, 1.82) is 0 Å². The summed E-state index contributed by atoms with van der Waals surface area (Å²) in [5.41, 5.74) is 1.32. The number of rotatable bonds is 1. The summed E-state index contributed by atoms with van der Waals surface area (Å²) in [7, 11) is 0. The van der Waals surface area contributed by atoms with Crippen LogP contribution in [0.4, 0.5) is 0 Å². The highest BCUT2D eigenvalue weighted by molar-refractivity contribution is 5.16. The van der Waals surface area contributed by atoms with Crippen LogP contribution in [0, 0.1) is 6.26 Å². The van der Waals surface area contributed by atoms with Gasteiger partial charge in [-0.05, 0) is 30.4 Å². The third kappa shape index (κ3) is 0.548. The van der Waals surface area contributed by atoms with Crippen molar-refractivity contribution in [3.63, 3.8) is 0 Å². The highest BCUT2D eigenvalue weighted by Crippen LogP contribution is 2.39. The van der Waals surface area contributed by atoms with Crippen LogP contribution in [0.1, 0.15) is 24.3 Å². The van der Waals surface area contributed by atoms with E-state index in [1.807, 2.05) is 6.07 Å². The first kappa shape index (κ1) is 4.19. The van der Waals surface area contributed by atoms with Crippen molar-refractivity contribution in [3.8, 4) is 0 Å². The molecule has 0 amide bonds. The Labute approximate surface area is 48.3 Å². The van der Waals surface area contributed by atoms with Crippen molar-refractivity contribution >= 4 is 0 Å². The number of hydrogen-bond acceptors (Lipinski definition) is 1. The minimum absolute atomic E-state index is 0.810. The van der Waals surface area contributed by atoms with Gasteiger partial charge < -0.3 is 4.42 Å². The predicted octanol–water partition coefficient (Wildman–Crippen LogP) is 1.96. The Morgan fingerprint density at radius 3 is 3.00 bits per heavy atom. The molecule has 0 aliphatic heterocycles. The summed E-state index contributed by atoms with van der Waals surface area (Å²) in [6.45, 7) is 0. The van der Waals surface area contributed by atoms with Gasteiger partial charge in [-0.3, -0.25) is 0 Å². The summed E-state index contributed by atoms with van der Waals surface area (Å²) < 4.78 is 4.79. The third-order valence-electron chi connectivity index (χ3n) is 1.54. The van der Waals surface area contributed by atoms with Gasteiger partial charge in [0.25, 0.3) is 0 Å². The topological polar surface area (TPSA) is 13.1 Å². The summed E-state index contributed by atoms with van der Waals surface area (Å²) in [6.07, 6.45) is 7.15. The summed E-state index contributed by atoms with van der Waals surface area (Å²) in [4.78, 5) is 0. The Hall–Kier alpha value is -0.720. The Morgan fingerprint density at radius 1 is 1.62 bits per heavy atom. The summed E-state index contributed by atoms with van der Waals surface area (Å²) in [5.74, 6) is 0.810. The van der Waals surface area contributed by atoms with Gasteiger partial charge in [-0.2, -0.15) is 0 Å². The van der Waals surface area contributed by atoms with Crippen LogP contribution in [0.5, 0.6) is 0 Å². The lowest BCUT2D eigenvalue weighted by atomic mass is 10.2. The van der Waals surface area contributed by atoms with E-state index in [2.05, 4.69) is 6.26 Å². The quantitative estimate of drug-likeness (QED) is 0.534. The fourth-order valence-corrected chi connectivity index (χ4v) is 0.869. The van der Waals surface area contributed by atoms with Gasteiger partial charge in [-0.1, -0.05) is 0 Å². The average molecular weight is 107 g/mol. The van der Waals surface area contributed by atoms with Crippen molar-refractivity contribution in [1.82, 2.24) is 0 Å². The molecule has 1 aliphatic rings. The average Bonchev–Trinajstić information content (AvgIpc) is 2.49. The van der Waals surface area contributed by atoms with Gasteiger partial charge in [0.1, 0.15) is 0 Å². The third-order valence-corrected chi connectivity index (χ3v) is 1.54. The molecule has 0 aromatic carbocycles. The highest BCUT2D eigenvalue weighted by Gasteiger charge is 2.23. The smallest absolute Gasteiger partial charge is 0.169 e. The van der Waals surface area contributed by atoms with Crippen molar-refractivity contribution in [3.05, 3.63) is 24.2 Å². The van der Waals surface area contributed by atoms with E-state index in [0.717, 1.165) is 5.92 Å². The van der Waals surface area contributed by atoms with E-state index in [-0.39, 0.29) is 0 Å². The van der Waals surface area contributed by atoms with Crippen molar-refractivity contribution in [2.75, 3.05) is 0 Å². The zero-order valence-electron chi connectivity index (χ0n) is 4.55. The Bertz CT molecular complexity index is 161. The predicted molar refractivity (Wildman–Crippen MR) is 29.5 cm³/mol. The maximum absolute atomic E-state index is 4.79. The molecule has 1 fully saturated rings. The van der Waals surface area contributed by atoms with E-state index in [4.69, 9.17) is 4.42 Å². The summed E-state index contributed by atoms with van der Waals surface area (Å²) in [5, 5.41) is 0. The fourth-order valence-electron chi connectivity index (χ4n) is 0.869. The molecule has 1 saturated carbocycles. The van der Waals surface area contributed by atoms with Crippen LogP contribution < -0.4 is 0 Å². The minimum Gasteiger partial charge on any atom is -0.461 e. The monoisotopic (exact) mass is 107 g/mol. The van der Waals surface area contributed by atoms with Crippen LogP contribution in [0.2, 0.25) is 0 Å². The molecule has 1 radical (unpaired) electrons. The maximum atomic E-state index is 4.79. The van der Waals surface area contributed by atoms with Crippen LogP contribution in [0.15, 0.2) is 16.7 Å². The molecule has 0 unspecified atom stereocenters. The highest BCUT2D eigenvalue weighted by atomic mass is 16.3. The van der Waals surface area contributed by atoms with Crippen molar-refractivity contribution in [2.24, 2.45) is 0 Å². The largest absolute Gasteiger partial charge is 0.461 e. The molecule has 1 aromatic heterocycles. The van der Waals surface area contributed by atoms with E-state index in [1.54, 1.807) is 6.26 Å². The maximum Gasteiger partial charge on any atom is 0.169 e. The summed E-state index contributed by atoms with van der Waals surface area (Å²) in [6, 6.07) is 1.93. The lowest BCUT2D eigenvalue weighted by Gasteiger charge is -1.80. The zero-order valence-corrected chi connectivity index (χ0v) is 4.55. The van der Waals surface area contributed by atoms with E-state index in [0.29, 0.717) is 0 Å². The molecule has 41 valence electrons. The van der Waals surface area contributed by atoms with Gasteiger partial charge in [-0.15, -0.1) is 0 Å². The molecule has 1 heteroatoms. The molecule has 1 aromatic rings. The minimum atomic E-state index is 0.810. The standard InChI is InChI=1S/C7H7O/c1-2-6(1)7-3-4-8-5-7/h3,5-6H,1-2H2. The van der Waals surface area contributed by atoms with Crippen molar-refractivity contribution in [2.45, 2.75) is 18.8 Å². The molecule has 1 nitrogen and oxygen atoms in total. The van der Waals surface area contributed by atoms with Crippen LogP contribution in [-0.2, 0) is 0 Å². The molecule has 1 aliphatic carbocycles. The normalized spacial score (nSPS) is 19.0. The van der Waals surface area contributed by atoms with Gasteiger partial charge in [0.05, 0.1) is 6.26 Å². The van der Waals surface area contributed by atoms with E-state index in [1.165, 1.54) is 18.4 Å². The van der Waals surface area contributed by atoms with E-state index in [9.17, 15) is 0 Å². The first-order chi connectivity index (χ1) is 3.97. The second-order valence-electron chi connectivity index (χ2n) is 2.27. The first-order valence-corrected chi connectivity index (χ1v) is 2.91. The molecule has 0 bridgehead atoms. The molecular formula is C7H7O. The first-order valence-electron chi connectivity index (χ1n) is 2.91. The second-order valence-corrected chi connectivity index (χ2v) is 2.27. The molecule has 0 saturated heterocycles.